The Hall–Kier alpha value is -0.850. The molecule has 0 bridgehead atoms. The van der Waals surface area contributed by atoms with Crippen LogP contribution in [0.4, 0.5) is 0 Å². The van der Waals surface area contributed by atoms with Crippen LogP contribution in [0.25, 0.3) is 0 Å². The zero-order chi connectivity index (χ0) is 10.2. The van der Waals surface area contributed by atoms with Crippen molar-refractivity contribution >= 4 is 0 Å². The number of unbranched alkanes of at least 4 members (excludes halogenated alkanes) is 1. The molecular weight excluding hydrogens is 170 g/mol. The molecule has 0 aromatic carbocycles. The molecule has 0 amide bonds. The smallest absolute Gasteiger partial charge is 0.0299 e. The summed E-state index contributed by atoms with van der Waals surface area (Å²) in [5.41, 5.74) is 1.37. The minimum atomic E-state index is 0.857. The first-order chi connectivity index (χ1) is 6.83. The van der Waals surface area contributed by atoms with E-state index >= 15 is 0 Å². The second-order valence-corrected chi connectivity index (χ2v) is 4.15. The second kappa shape index (κ2) is 6.58. The molecule has 1 heterocycles. The molecule has 0 N–H and O–H groups in total. The van der Waals surface area contributed by atoms with Gasteiger partial charge in [0.1, 0.15) is 0 Å². The number of rotatable bonds is 6. The molecule has 1 heteroatoms. The number of aryl methyl sites for hydroxylation is 1. The van der Waals surface area contributed by atoms with E-state index < -0.39 is 0 Å². The zero-order valence-electron chi connectivity index (χ0n) is 9.37. The summed E-state index contributed by atoms with van der Waals surface area (Å²) in [4.78, 5) is 4.12. The van der Waals surface area contributed by atoms with E-state index in [9.17, 15) is 0 Å². The fourth-order valence-electron chi connectivity index (χ4n) is 1.66. The maximum Gasteiger partial charge on any atom is 0.0299 e. The van der Waals surface area contributed by atoms with Gasteiger partial charge in [-0.3, -0.25) is 4.98 Å². The molecule has 0 spiro atoms. The van der Waals surface area contributed by atoms with Crippen LogP contribution in [-0.4, -0.2) is 4.98 Å². The molecule has 1 rings (SSSR count). The van der Waals surface area contributed by atoms with E-state index in [1.165, 1.54) is 37.7 Å². The Bertz CT molecular complexity index is 230. The molecule has 0 fully saturated rings. The minimum absolute atomic E-state index is 0.857. The minimum Gasteiger partial charge on any atom is -0.264 e. The van der Waals surface area contributed by atoms with Gasteiger partial charge in [-0.25, -0.2) is 0 Å². The van der Waals surface area contributed by atoms with Gasteiger partial charge in [-0.15, -0.1) is 0 Å². The predicted molar refractivity (Wildman–Crippen MR) is 61.2 cm³/mol. The molecule has 0 saturated carbocycles. The summed E-state index contributed by atoms with van der Waals surface area (Å²) in [7, 11) is 0. The zero-order valence-corrected chi connectivity index (χ0v) is 9.37. The second-order valence-electron chi connectivity index (χ2n) is 4.15. The van der Waals surface area contributed by atoms with Crippen molar-refractivity contribution < 1.29 is 0 Å². The van der Waals surface area contributed by atoms with Crippen molar-refractivity contribution in [3.05, 3.63) is 30.1 Å². The number of hydrogen-bond acceptors (Lipinski definition) is 1. The SMILES string of the molecule is CCCCC(C)CCc1cccnc1. The Labute approximate surface area is 87.6 Å². The van der Waals surface area contributed by atoms with E-state index in [4.69, 9.17) is 0 Å². The molecule has 0 aliphatic rings. The third-order valence-electron chi connectivity index (χ3n) is 2.70. The van der Waals surface area contributed by atoms with E-state index in [1.807, 2.05) is 18.5 Å². The standard InChI is InChI=1S/C13H21N/c1-3-4-6-12(2)8-9-13-7-5-10-14-11-13/h5,7,10-12H,3-4,6,8-9H2,1-2H3. The highest BCUT2D eigenvalue weighted by Crippen LogP contribution is 2.14. The molecule has 78 valence electrons. The third-order valence-corrected chi connectivity index (χ3v) is 2.70. The van der Waals surface area contributed by atoms with Crippen LogP contribution >= 0.6 is 0 Å². The predicted octanol–water partition coefficient (Wildman–Crippen LogP) is 3.84. The largest absolute Gasteiger partial charge is 0.264 e. The fourth-order valence-corrected chi connectivity index (χ4v) is 1.66. The van der Waals surface area contributed by atoms with Crippen LogP contribution in [0.3, 0.4) is 0 Å². The van der Waals surface area contributed by atoms with Crippen molar-refractivity contribution in [3.8, 4) is 0 Å². The Morgan fingerprint density at radius 2 is 2.21 bits per heavy atom. The molecule has 1 atom stereocenters. The van der Waals surface area contributed by atoms with E-state index in [2.05, 4.69) is 24.9 Å². The van der Waals surface area contributed by atoms with Gasteiger partial charge in [0.2, 0.25) is 0 Å². The van der Waals surface area contributed by atoms with Crippen LogP contribution in [0.15, 0.2) is 24.5 Å². The highest BCUT2D eigenvalue weighted by atomic mass is 14.6. The van der Waals surface area contributed by atoms with Gasteiger partial charge in [-0.05, 0) is 30.4 Å². The van der Waals surface area contributed by atoms with E-state index in [0.29, 0.717) is 0 Å². The average molecular weight is 191 g/mol. The van der Waals surface area contributed by atoms with Gasteiger partial charge in [0.05, 0.1) is 0 Å². The van der Waals surface area contributed by atoms with Crippen molar-refractivity contribution in [2.24, 2.45) is 5.92 Å². The lowest BCUT2D eigenvalue weighted by Gasteiger charge is -2.09. The Balaban J connectivity index is 2.20. The monoisotopic (exact) mass is 191 g/mol. The lowest BCUT2D eigenvalue weighted by Crippen LogP contribution is -1.97. The van der Waals surface area contributed by atoms with Gasteiger partial charge in [-0.2, -0.15) is 0 Å². The molecule has 0 radical (unpaired) electrons. The van der Waals surface area contributed by atoms with E-state index in [-0.39, 0.29) is 0 Å². The molecule has 1 aromatic rings. The van der Waals surface area contributed by atoms with Gasteiger partial charge in [0.15, 0.2) is 0 Å². The first-order valence-electron chi connectivity index (χ1n) is 5.71. The maximum atomic E-state index is 4.12. The van der Waals surface area contributed by atoms with Gasteiger partial charge in [-0.1, -0.05) is 39.2 Å². The first-order valence-corrected chi connectivity index (χ1v) is 5.71. The lowest BCUT2D eigenvalue weighted by molar-refractivity contribution is 0.472. The lowest BCUT2D eigenvalue weighted by atomic mass is 9.97. The first kappa shape index (κ1) is 11.2. The van der Waals surface area contributed by atoms with Crippen LogP contribution in [0.5, 0.6) is 0 Å². The average Bonchev–Trinajstić information content (AvgIpc) is 2.25. The third kappa shape index (κ3) is 4.40. The number of pyridine rings is 1. The summed E-state index contributed by atoms with van der Waals surface area (Å²) in [6.45, 7) is 4.61. The summed E-state index contributed by atoms with van der Waals surface area (Å²) < 4.78 is 0. The molecule has 0 saturated heterocycles. The number of nitrogens with zero attached hydrogens (tertiary/aromatic N) is 1. The van der Waals surface area contributed by atoms with Crippen molar-refractivity contribution in [1.82, 2.24) is 4.98 Å². The van der Waals surface area contributed by atoms with Gasteiger partial charge in [0.25, 0.3) is 0 Å². The quantitative estimate of drug-likeness (QED) is 0.665. The molecular formula is C13H21N. The number of aromatic nitrogens is 1. The Kier molecular flexibility index (Phi) is 5.28. The van der Waals surface area contributed by atoms with Crippen LogP contribution < -0.4 is 0 Å². The van der Waals surface area contributed by atoms with E-state index in [0.717, 1.165) is 5.92 Å². The van der Waals surface area contributed by atoms with Gasteiger partial charge >= 0.3 is 0 Å². The Morgan fingerprint density at radius 1 is 1.36 bits per heavy atom. The van der Waals surface area contributed by atoms with Crippen LogP contribution in [0, 0.1) is 5.92 Å². The summed E-state index contributed by atoms with van der Waals surface area (Å²) in [5, 5.41) is 0. The van der Waals surface area contributed by atoms with Crippen molar-refractivity contribution in [2.75, 3.05) is 0 Å². The summed E-state index contributed by atoms with van der Waals surface area (Å²) in [6, 6.07) is 4.19. The molecule has 0 aliphatic carbocycles. The van der Waals surface area contributed by atoms with Crippen LogP contribution in [-0.2, 0) is 6.42 Å². The van der Waals surface area contributed by atoms with Crippen LogP contribution in [0.1, 0.15) is 45.1 Å². The topological polar surface area (TPSA) is 12.9 Å². The summed E-state index contributed by atoms with van der Waals surface area (Å²) in [5.74, 6) is 0.857. The normalized spacial score (nSPS) is 12.7. The van der Waals surface area contributed by atoms with E-state index in [1.54, 1.807) is 0 Å². The summed E-state index contributed by atoms with van der Waals surface area (Å²) in [6.07, 6.45) is 10.4. The number of hydrogen-bond donors (Lipinski definition) is 0. The fraction of sp³-hybridized carbons (Fsp3) is 0.615. The highest BCUT2D eigenvalue weighted by molar-refractivity contribution is 5.08. The van der Waals surface area contributed by atoms with Gasteiger partial charge < -0.3 is 0 Å². The molecule has 1 unspecified atom stereocenters. The van der Waals surface area contributed by atoms with Crippen molar-refractivity contribution in [1.29, 1.82) is 0 Å². The highest BCUT2D eigenvalue weighted by Gasteiger charge is 2.01. The van der Waals surface area contributed by atoms with Crippen LogP contribution in [0.2, 0.25) is 0 Å². The summed E-state index contributed by atoms with van der Waals surface area (Å²) >= 11 is 0. The Morgan fingerprint density at radius 3 is 2.86 bits per heavy atom. The maximum absolute atomic E-state index is 4.12. The van der Waals surface area contributed by atoms with Gasteiger partial charge in [0, 0.05) is 12.4 Å². The molecule has 14 heavy (non-hydrogen) atoms. The molecule has 1 nitrogen and oxygen atoms in total. The molecule has 0 aliphatic heterocycles. The molecule has 1 aromatic heterocycles. The van der Waals surface area contributed by atoms with Crippen molar-refractivity contribution in [3.63, 3.8) is 0 Å². The van der Waals surface area contributed by atoms with Crippen molar-refractivity contribution in [2.45, 2.75) is 46.0 Å².